The van der Waals surface area contributed by atoms with Crippen molar-refractivity contribution in [2.24, 2.45) is 0 Å². The first-order valence-electron chi connectivity index (χ1n) is 12.2. The van der Waals surface area contributed by atoms with E-state index in [1.165, 1.54) is 18.2 Å². The molecule has 0 aliphatic carbocycles. The molecule has 1 saturated heterocycles. The molecule has 0 radical (unpaired) electrons. The minimum Gasteiger partial charge on any atom is -0.494 e. The molecule has 0 unspecified atom stereocenters. The van der Waals surface area contributed by atoms with Crippen LogP contribution in [-0.2, 0) is 0 Å². The molecule has 5 amide bonds. The molecule has 9 heteroatoms. The molecule has 2 aliphatic rings. The van der Waals surface area contributed by atoms with Gasteiger partial charge in [-0.25, -0.2) is 9.69 Å². The normalized spacial score (nSPS) is 14.5. The first-order chi connectivity index (χ1) is 18.0. The van der Waals surface area contributed by atoms with Crippen molar-refractivity contribution in [2.45, 2.75) is 19.8 Å². The summed E-state index contributed by atoms with van der Waals surface area (Å²) in [7, 11) is 0. The number of ether oxygens (including phenoxy) is 1. The molecule has 37 heavy (non-hydrogen) atoms. The number of nitrogens with zero attached hydrogens (tertiary/aromatic N) is 2. The fraction of sp³-hybridized carbons (Fsp3) is 0.214. The zero-order valence-electron chi connectivity index (χ0n) is 20.3. The molecule has 3 aromatic rings. The van der Waals surface area contributed by atoms with Crippen LogP contribution in [0.1, 0.15) is 50.8 Å². The SMILES string of the molecule is CCOc1ccc(N2C(=O)c3ccc(C(=O)Nc4ccccc4NC(=O)N4CCCC4)cc3C2=O)cc1. The van der Waals surface area contributed by atoms with Crippen LogP contribution in [0.25, 0.3) is 0 Å². The number of nitrogens with one attached hydrogen (secondary N) is 2. The fourth-order valence-corrected chi connectivity index (χ4v) is 4.48. The van der Waals surface area contributed by atoms with E-state index in [-0.39, 0.29) is 22.7 Å². The quantitative estimate of drug-likeness (QED) is 0.476. The predicted molar refractivity (Wildman–Crippen MR) is 139 cm³/mol. The van der Waals surface area contributed by atoms with E-state index in [0.717, 1.165) is 17.7 Å². The van der Waals surface area contributed by atoms with Gasteiger partial charge in [-0.05, 0) is 74.4 Å². The number of likely N-dealkylation sites (tertiary alicyclic amines) is 1. The largest absolute Gasteiger partial charge is 0.494 e. The van der Waals surface area contributed by atoms with Crippen LogP contribution >= 0.6 is 0 Å². The average Bonchev–Trinajstić information content (AvgIpc) is 3.53. The van der Waals surface area contributed by atoms with Crippen LogP contribution in [-0.4, -0.2) is 48.3 Å². The van der Waals surface area contributed by atoms with Gasteiger partial charge in [0.1, 0.15) is 5.75 Å². The second kappa shape index (κ2) is 10.1. The third kappa shape index (κ3) is 4.75. The number of carbonyl (C=O) groups excluding carboxylic acids is 4. The van der Waals surface area contributed by atoms with Gasteiger partial charge in [-0.2, -0.15) is 0 Å². The van der Waals surface area contributed by atoms with E-state index in [4.69, 9.17) is 4.74 Å². The van der Waals surface area contributed by atoms with Crippen molar-refractivity contribution in [3.8, 4) is 5.75 Å². The number of anilines is 3. The standard InChI is InChI=1S/C28H26N4O5/c1-2-37-20-12-10-19(11-13-20)32-26(34)21-14-9-18(17-22(21)27(32)35)25(33)29-23-7-3-4-8-24(23)30-28(36)31-15-5-6-16-31/h3-4,7-14,17H,2,5-6,15-16H2,1H3,(H,29,33)(H,30,36). The summed E-state index contributed by atoms with van der Waals surface area (Å²) in [5, 5.41) is 5.66. The number of rotatable bonds is 6. The number of imide groups is 1. The van der Waals surface area contributed by atoms with Crippen LogP contribution in [0.3, 0.4) is 0 Å². The lowest BCUT2D eigenvalue weighted by atomic mass is 10.1. The Morgan fingerprint density at radius 2 is 1.49 bits per heavy atom. The molecule has 0 bridgehead atoms. The van der Waals surface area contributed by atoms with Gasteiger partial charge in [0, 0.05) is 18.7 Å². The third-order valence-corrected chi connectivity index (χ3v) is 6.36. The molecule has 2 aliphatic heterocycles. The molecule has 1 fully saturated rings. The molecular formula is C28H26N4O5. The first-order valence-corrected chi connectivity index (χ1v) is 12.2. The summed E-state index contributed by atoms with van der Waals surface area (Å²) >= 11 is 0. The highest BCUT2D eigenvalue weighted by Crippen LogP contribution is 2.31. The second-order valence-electron chi connectivity index (χ2n) is 8.76. The van der Waals surface area contributed by atoms with E-state index in [9.17, 15) is 19.2 Å². The van der Waals surface area contributed by atoms with Gasteiger partial charge < -0.3 is 20.3 Å². The van der Waals surface area contributed by atoms with Crippen molar-refractivity contribution in [3.63, 3.8) is 0 Å². The summed E-state index contributed by atoms with van der Waals surface area (Å²) in [5.41, 5.74) is 1.93. The highest BCUT2D eigenvalue weighted by atomic mass is 16.5. The van der Waals surface area contributed by atoms with Crippen molar-refractivity contribution in [1.29, 1.82) is 0 Å². The maximum absolute atomic E-state index is 13.1. The molecule has 0 aromatic heterocycles. The maximum Gasteiger partial charge on any atom is 0.321 e. The van der Waals surface area contributed by atoms with Crippen molar-refractivity contribution >= 4 is 40.8 Å². The van der Waals surface area contributed by atoms with E-state index >= 15 is 0 Å². The van der Waals surface area contributed by atoms with Crippen LogP contribution in [0.4, 0.5) is 21.9 Å². The zero-order valence-corrected chi connectivity index (χ0v) is 20.3. The van der Waals surface area contributed by atoms with Gasteiger partial charge in [0.15, 0.2) is 0 Å². The summed E-state index contributed by atoms with van der Waals surface area (Å²) < 4.78 is 5.43. The topological polar surface area (TPSA) is 108 Å². The fourth-order valence-electron chi connectivity index (χ4n) is 4.48. The zero-order chi connectivity index (χ0) is 25.9. The van der Waals surface area contributed by atoms with Gasteiger partial charge in [-0.3, -0.25) is 14.4 Å². The maximum atomic E-state index is 13.1. The van der Waals surface area contributed by atoms with Crippen LogP contribution < -0.4 is 20.3 Å². The van der Waals surface area contributed by atoms with E-state index in [0.29, 0.717) is 42.5 Å². The number of hydrogen-bond donors (Lipinski definition) is 2. The smallest absolute Gasteiger partial charge is 0.321 e. The van der Waals surface area contributed by atoms with E-state index < -0.39 is 17.7 Å². The molecule has 0 saturated carbocycles. The molecule has 2 heterocycles. The van der Waals surface area contributed by atoms with Gasteiger partial charge >= 0.3 is 6.03 Å². The number of fused-ring (bicyclic) bond motifs is 1. The summed E-state index contributed by atoms with van der Waals surface area (Å²) in [6, 6.07) is 17.8. The van der Waals surface area contributed by atoms with Crippen LogP contribution in [0, 0.1) is 0 Å². The summed E-state index contributed by atoms with van der Waals surface area (Å²) in [5.74, 6) is -0.785. The molecule has 188 valence electrons. The van der Waals surface area contributed by atoms with Crippen molar-refractivity contribution < 1.29 is 23.9 Å². The van der Waals surface area contributed by atoms with Crippen molar-refractivity contribution in [3.05, 3.63) is 83.4 Å². The van der Waals surface area contributed by atoms with Crippen molar-refractivity contribution in [1.82, 2.24) is 4.90 Å². The molecule has 0 atom stereocenters. The Morgan fingerprint density at radius 3 is 2.16 bits per heavy atom. The third-order valence-electron chi connectivity index (χ3n) is 6.36. The van der Waals surface area contributed by atoms with Gasteiger partial charge in [0.2, 0.25) is 0 Å². The Hall–Kier alpha value is -4.66. The van der Waals surface area contributed by atoms with E-state index in [2.05, 4.69) is 10.6 Å². The summed E-state index contributed by atoms with van der Waals surface area (Å²) in [4.78, 5) is 54.6. The lowest BCUT2D eigenvalue weighted by Crippen LogP contribution is -2.32. The first kappa shape index (κ1) is 24.1. The number of amides is 5. The van der Waals surface area contributed by atoms with Gasteiger partial charge in [-0.15, -0.1) is 0 Å². The monoisotopic (exact) mass is 498 g/mol. The number of benzene rings is 3. The molecule has 0 spiro atoms. The highest BCUT2D eigenvalue weighted by molar-refractivity contribution is 6.34. The Morgan fingerprint density at radius 1 is 0.838 bits per heavy atom. The Kier molecular flexibility index (Phi) is 6.59. The number of para-hydroxylation sites is 2. The van der Waals surface area contributed by atoms with Gasteiger partial charge in [0.05, 0.1) is 34.8 Å². The molecule has 3 aromatic carbocycles. The van der Waals surface area contributed by atoms with E-state index in [1.54, 1.807) is 53.4 Å². The average molecular weight is 499 g/mol. The Labute approximate surface area is 214 Å². The van der Waals surface area contributed by atoms with Crippen LogP contribution in [0.2, 0.25) is 0 Å². The predicted octanol–water partition coefficient (Wildman–Crippen LogP) is 4.77. The molecule has 9 nitrogen and oxygen atoms in total. The van der Waals surface area contributed by atoms with E-state index in [1.807, 2.05) is 6.92 Å². The second-order valence-corrected chi connectivity index (χ2v) is 8.76. The number of urea groups is 1. The van der Waals surface area contributed by atoms with Gasteiger partial charge in [0.25, 0.3) is 17.7 Å². The minimum absolute atomic E-state index is 0.155. The molecular weight excluding hydrogens is 472 g/mol. The number of hydrogen-bond acceptors (Lipinski definition) is 5. The Balaban J connectivity index is 1.34. The van der Waals surface area contributed by atoms with Gasteiger partial charge in [-0.1, -0.05) is 12.1 Å². The molecule has 2 N–H and O–H groups in total. The highest BCUT2D eigenvalue weighted by Gasteiger charge is 2.37. The summed E-state index contributed by atoms with van der Waals surface area (Å²) in [6.45, 7) is 3.79. The lowest BCUT2D eigenvalue weighted by molar-refractivity contribution is 0.0925. The van der Waals surface area contributed by atoms with Crippen LogP contribution in [0.15, 0.2) is 66.7 Å². The van der Waals surface area contributed by atoms with Crippen molar-refractivity contribution in [2.75, 3.05) is 35.2 Å². The molecule has 5 rings (SSSR count). The number of carbonyl (C=O) groups is 4. The Bertz CT molecular complexity index is 1380. The minimum atomic E-state index is -0.503. The summed E-state index contributed by atoms with van der Waals surface area (Å²) in [6.07, 6.45) is 1.95. The lowest BCUT2D eigenvalue weighted by Gasteiger charge is -2.18. The van der Waals surface area contributed by atoms with Crippen LogP contribution in [0.5, 0.6) is 5.75 Å².